The van der Waals surface area contributed by atoms with Gasteiger partial charge in [-0.25, -0.2) is 4.79 Å². The number of hydrogen-bond donors (Lipinski definition) is 1. The zero-order chi connectivity index (χ0) is 18.8. The summed E-state index contributed by atoms with van der Waals surface area (Å²) in [5, 5.41) is 2.75. The van der Waals surface area contributed by atoms with Crippen molar-refractivity contribution in [2.24, 2.45) is 0 Å². The number of ether oxygens (including phenoxy) is 3. The van der Waals surface area contributed by atoms with Crippen LogP contribution in [0.15, 0.2) is 12.1 Å². The van der Waals surface area contributed by atoms with Gasteiger partial charge in [0.25, 0.3) is 5.91 Å². The maximum atomic E-state index is 12.3. The number of fused-ring (bicyclic) bond motifs is 2. The van der Waals surface area contributed by atoms with Gasteiger partial charge < -0.3 is 19.5 Å². The van der Waals surface area contributed by atoms with Crippen LogP contribution in [0.5, 0.6) is 17.2 Å². The second kappa shape index (κ2) is 5.78. The van der Waals surface area contributed by atoms with E-state index >= 15 is 0 Å². The third-order valence-corrected chi connectivity index (χ3v) is 6.37. The molecule has 0 unspecified atom stereocenters. The van der Waals surface area contributed by atoms with E-state index in [0.717, 1.165) is 35.7 Å². The molecule has 0 aromatic heterocycles. The fourth-order valence-corrected chi connectivity index (χ4v) is 4.47. The fourth-order valence-electron chi connectivity index (χ4n) is 4.47. The number of benzene rings is 1. The molecule has 1 saturated heterocycles. The quantitative estimate of drug-likeness (QED) is 0.803. The van der Waals surface area contributed by atoms with Gasteiger partial charge in [0.2, 0.25) is 0 Å². The van der Waals surface area contributed by atoms with Crippen molar-refractivity contribution in [1.29, 1.82) is 0 Å². The monoisotopic (exact) mass is 372 g/mol. The highest BCUT2D eigenvalue weighted by molar-refractivity contribution is 6.04. The summed E-state index contributed by atoms with van der Waals surface area (Å²) in [4.78, 5) is 25.8. The molecule has 1 aromatic rings. The molecule has 0 radical (unpaired) electrons. The average molecular weight is 372 g/mol. The lowest BCUT2D eigenvalue weighted by atomic mass is 9.87. The highest BCUT2D eigenvalue weighted by atomic mass is 16.5. The van der Waals surface area contributed by atoms with Crippen molar-refractivity contribution >= 4 is 11.9 Å². The smallest absolute Gasteiger partial charge is 0.325 e. The van der Waals surface area contributed by atoms with Gasteiger partial charge in [0.1, 0.15) is 17.9 Å². The first kappa shape index (κ1) is 16.7. The van der Waals surface area contributed by atoms with Gasteiger partial charge in [-0.3, -0.25) is 9.69 Å². The van der Waals surface area contributed by atoms with Crippen LogP contribution in [0.3, 0.4) is 0 Å². The van der Waals surface area contributed by atoms with Crippen molar-refractivity contribution in [1.82, 2.24) is 10.2 Å². The number of amides is 3. The fraction of sp³-hybridized carbons (Fsp3) is 0.600. The molecule has 3 amide bonds. The molecule has 7 heteroatoms. The van der Waals surface area contributed by atoms with Crippen molar-refractivity contribution in [3.63, 3.8) is 0 Å². The third-order valence-electron chi connectivity index (χ3n) is 6.37. The summed E-state index contributed by atoms with van der Waals surface area (Å²) in [6, 6.07) is 3.12. The van der Waals surface area contributed by atoms with E-state index in [4.69, 9.17) is 14.2 Å². The minimum atomic E-state index is -0.380. The molecule has 2 saturated carbocycles. The number of rotatable bonds is 5. The Morgan fingerprint density at radius 2 is 2.00 bits per heavy atom. The van der Waals surface area contributed by atoms with Gasteiger partial charge in [-0.15, -0.1) is 0 Å². The first-order valence-corrected chi connectivity index (χ1v) is 9.71. The lowest BCUT2D eigenvalue weighted by Crippen LogP contribution is -2.52. The summed E-state index contributed by atoms with van der Waals surface area (Å²) in [6.45, 7) is 2.59. The van der Waals surface area contributed by atoms with Gasteiger partial charge in [-0.1, -0.05) is 6.92 Å². The van der Waals surface area contributed by atoms with E-state index in [2.05, 4.69) is 5.32 Å². The van der Waals surface area contributed by atoms with E-state index in [1.54, 1.807) is 7.11 Å². The van der Waals surface area contributed by atoms with Gasteiger partial charge >= 0.3 is 6.03 Å². The molecule has 0 bridgehead atoms. The number of nitrogens with zero attached hydrogens (tertiary/aromatic N) is 1. The average Bonchev–Trinajstić information content (AvgIpc) is 3.23. The molecule has 1 atom stereocenters. The minimum absolute atomic E-state index is 0.00479. The van der Waals surface area contributed by atoms with Crippen LogP contribution in [-0.2, 0) is 10.2 Å². The number of methoxy groups -OCH3 is 1. The molecule has 2 heterocycles. The molecule has 2 aliphatic carbocycles. The normalized spacial score (nSPS) is 29.9. The number of carbonyl (C=O) groups excluding carboxylic acids is 2. The molecule has 144 valence electrons. The molecule has 5 rings (SSSR count). The van der Waals surface area contributed by atoms with Crippen molar-refractivity contribution in [3.05, 3.63) is 17.7 Å². The standard InChI is InChI=1S/C20H24N2O5/c1-3-13-18(23)22(19(24)21-13)11-8-12(9-11)27-14-4-5-15(25-2)17-16(14)20(6-7-20)10-26-17/h4-5,11-13H,3,6-10H2,1-2H3,(H,21,24)/t11?,12?,13-/m1/s1. The predicted molar refractivity (Wildman–Crippen MR) is 96.3 cm³/mol. The van der Waals surface area contributed by atoms with Crippen molar-refractivity contribution < 1.29 is 23.8 Å². The molecule has 27 heavy (non-hydrogen) atoms. The Hall–Kier alpha value is -2.44. The van der Waals surface area contributed by atoms with E-state index in [0.29, 0.717) is 25.9 Å². The zero-order valence-corrected chi connectivity index (χ0v) is 15.6. The minimum Gasteiger partial charge on any atom is -0.493 e. The zero-order valence-electron chi connectivity index (χ0n) is 15.6. The van der Waals surface area contributed by atoms with Crippen LogP contribution in [0.1, 0.15) is 44.6 Å². The lowest BCUT2D eigenvalue weighted by Gasteiger charge is -2.39. The Labute approximate surface area is 157 Å². The van der Waals surface area contributed by atoms with Crippen molar-refractivity contribution in [2.75, 3.05) is 13.7 Å². The molecule has 2 aliphatic heterocycles. The van der Waals surface area contributed by atoms with Crippen LogP contribution in [0.2, 0.25) is 0 Å². The molecule has 3 fully saturated rings. The topological polar surface area (TPSA) is 77.1 Å². The SMILES string of the molecule is CC[C@H]1NC(=O)N(C2CC(Oc3ccc(OC)c4c3C3(CC3)CO4)C2)C1=O. The molecule has 4 aliphatic rings. The van der Waals surface area contributed by atoms with Crippen molar-refractivity contribution in [2.45, 2.75) is 62.6 Å². The summed E-state index contributed by atoms with van der Waals surface area (Å²) < 4.78 is 17.6. The molecule has 1 aromatic carbocycles. The van der Waals surface area contributed by atoms with Crippen LogP contribution in [0.4, 0.5) is 4.79 Å². The third kappa shape index (κ3) is 2.40. The van der Waals surface area contributed by atoms with E-state index in [1.165, 1.54) is 4.90 Å². The van der Waals surface area contributed by atoms with E-state index in [1.807, 2.05) is 19.1 Å². The summed E-state index contributed by atoms with van der Waals surface area (Å²) in [5.41, 5.74) is 1.22. The Bertz CT molecular complexity index is 813. The molecular weight excluding hydrogens is 348 g/mol. The number of nitrogens with one attached hydrogen (secondary N) is 1. The number of imide groups is 1. The lowest BCUT2D eigenvalue weighted by molar-refractivity contribution is -0.131. The highest BCUT2D eigenvalue weighted by Crippen LogP contribution is 2.61. The Morgan fingerprint density at radius 1 is 1.26 bits per heavy atom. The number of hydrogen-bond acceptors (Lipinski definition) is 5. The Morgan fingerprint density at radius 3 is 2.63 bits per heavy atom. The first-order valence-electron chi connectivity index (χ1n) is 9.71. The van der Waals surface area contributed by atoms with E-state index in [9.17, 15) is 9.59 Å². The predicted octanol–water partition coefficient (Wildman–Crippen LogP) is 2.36. The van der Waals surface area contributed by atoms with Crippen LogP contribution >= 0.6 is 0 Å². The van der Waals surface area contributed by atoms with Gasteiger partial charge in [0.15, 0.2) is 11.5 Å². The van der Waals surface area contributed by atoms with Crippen LogP contribution in [0.25, 0.3) is 0 Å². The van der Waals surface area contributed by atoms with Gasteiger partial charge in [-0.2, -0.15) is 0 Å². The van der Waals surface area contributed by atoms with Gasteiger partial charge in [0.05, 0.1) is 13.7 Å². The van der Waals surface area contributed by atoms with Crippen LogP contribution in [0, 0.1) is 0 Å². The molecule has 1 N–H and O–H groups in total. The van der Waals surface area contributed by atoms with Gasteiger partial charge in [-0.05, 0) is 31.4 Å². The molecule has 7 nitrogen and oxygen atoms in total. The van der Waals surface area contributed by atoms with Crippen LogP contribution in [-0.4, -0.2) is 48.7 Å². The summed E-state index contributed by atoms with van der Waals surface area (Å²) in [7, 11) is 1.65. The van der Waals surface area contributed by atoms with Crippen molar-refractivity contribution in [3.8, 4) is 17.2 Å². The number of urea groups is 1. The highest BCUT2D eigenvalue weighted by Gasteiger charge is 2.54. The number of carbonyl (C=O) groups is 2. The largest absolute Gasteiger partial charge is 0.493 e. The van der Waals surface area contributed by atoms with Crippen LogP contribution < -0.4 is 19.5 Å². The second-order valence-electron chi connectivity index (χ2n) is 8.02. The van der Waals surface area contributed by atoms with E-state index < -0.39 is 0 Å². The molecule has 1 spiro atoms. The van der Waals surface area contributed by atoms with Gasteiger partial charge in [0, 0.05) is 29.9 Å². The summed E-state index contributed by atoms with van der Waals surface area (Å²) in [5.74, 6) is 2.30. The Balaban J connectivity index is 1.30. The van der Waals surface area contributed by atoms with E-state index in [-0.39, 0.29) is 35.5 Å². The summed E-state index contributed by atoms with van der Waals surface area (Å²) >= 11 is 0. The molecular formula is C20H24N2O5. The summed E-state index contributed by atoms with van der Waals surface area (Å²) in [6.07, 6.45) is 4.18. The second-order valence-corrected chi connectivity index (χ2v) is 8.02. The Kier molecular flexibility index (Phi) is 3.58. The maximum absolute atomic E-state index is 12.3. The first-order chi connectivity index (χ1) is 13.1. The maximum Gasteiger partial charge on any atom is 0.325 e.